The van der Waals surface area contributed by atoms with E-state index in [0.717, 1.165) is 19.5 Å². The van der Waals surface area contributed by atoms with Crippen LogP contribution in [0.2, 0.25) is 0 Å². The lowest BCUT2D eigenvalue weighted by atomic mass is 10.1. The molecule has 2 aromatic rings. The number of carbonyl (C=O) groups excluding carboxylic acids is 1. The molecule has 116 valence electrons. The van der Waals surface area contributed by atoms with Gasteiger partial charge in [-0.2, -0.15) is 0 Å². The van der Waals surface area contributed by atoms with Crippen molar-refractivity contribution in [3.8, 4) is 0 Å². The molecule has 2 atom stereocenters. The minimum Gasteiger partial charge on any atom is -0.336 e. The molecule has 2 aliphatic heterocycles. The number of amides is 1. The molecular weight excluding hydrogens is 298 g/mol. The van der Waals surface area contributed by atoms with Crippen molar-refractivity contribution in [2.24, 2.45) is 0 Å². The normalized spacial score (nSPS) is 24.5. The summed E-state index contributed by atoms with van der Waals surface area (Å²) in [7, 11) is 0. The average molecular weight is 317 g/mol. The molecule has 2 unspecified atom stereocenters. The van der Waals surface area contributed by atoms with Crippen molar-refractivity contribution in [1.82, 2.24) is 25.2 Å². The molecule has 2 saturated heterocycles. The molecule has 22 heavy (non-hydrogen) atoms. The summed E-state index contributed by atoms with van der Waals surface area (Å²) in [6.45, 7) is 2.27. The van der Waals surface area contributed by atoms with E-state index >= 15 is 0 Å². The predicted octanol–water partition coefficient (Wildman–Crippen LogP) is 1.35. The zero-order chi connectivity index (χ0) is 14.9. The van der Waals surface area contributed by atoms with Gasteiger partial charge >= 0.3 is 0 Å². The van der Waals surface area contributed by atoms with Crippen LogP contribution in [0, 0.1) is 0 Å². The number of aromatic nitrogens is 3. The van der Waals surface area contributed by atoms with Crippen LogP contribution in [0.4, 0.5) is 0 Å². The van der Waals surface area contributed by atoms with Crippen LogP contribution in [0.5, 0.6) is 0 Å². The highest BCUT2D eigenvalue weighted by Gasteiger charge is 2.32. The van der Waals surface area contributed by atoms with E-state index in [1.807, 2.05) is 16.3 Å². The van der Waals surface area contributed by atoms with Gasteiger partial charge in [0.1, 0.15) is 0 Å². The van der Waals surface area contributed by atoms with Gasteiger partial charge in [0.15, 0.2) is 5.69 Å². The molecule has 4 heterocycles. The fourth-order valence-electron chi connectivity index (χ4n) is 3.33. The molecule has 0 aliphatic carbocycles. The Morgan fingerprint density at radius 3 is 3.14 bits per heavy atom. The van der Waals surface area contributed by atoms with Crippen molar-refractivity contribution >= 4 is 17.2 Å². The zero-order valence-corrected chi connectivity index (χ0v) is 13.1. The van der Waals surface area contributed by atoms with Crippen LogP contribution in [-0.2, 0) is 6.54 Å². The number of nitrogens with zero attached hydrogens (tertiary/aromatic N) is 4. The number of hydrogen-bond acceptors (Lipinski definition) is 5. The van der Waals surface area contributed by atoms with Gasteiger partial charge in [-0.3, -0.25) is 4.79 Å². The smallest absolute Gasteiger partial charge is 0.276 e. The van der Waals surface area contributed by atoms with E-state index in [1.165, 1.54) is 17.7 Å². The third-order valence-corrected chi connectivity index (χ3v) is 5.33. The molecule has 2 fully saturated rings. The fraction of sp³-hybridized carbons (Fsp3) is 0.533. The summed E-state index contributed by atoms with van der Waals surface area (Å²) in [5.41, 5.74) is 0.453. The van der Waals surface area contributed by atoms with Crippen LogP contribution >= 0.6 is 11.3 Å². The topological polar surface area (TPSA) is 63.1 Å². The average Bonchev–Trinajstić information content (AvgIpc) is 3.21. The molecule has 4 rings (SSSR count). The number of thiophene rings is 1. The van der Waals surface area contributed by atoms with E-state index in [-0.39, 0.29) is 5.91 Å². The second-order valence-corrected chi connectivity index (χ2v) is 7.09. The van der Waals surface area contributed by atoms with Gasteiger partial charge in [-0.05, 0) is 30.7 Å². The van der Waals surface area contributed by atoms with Crippen molar-refractivity contribution in [1.29, 1.82) is 0 Å². The first-order chi connectivity index (χ1) is 10.8. The van der Waals surface area contributed by atoms with Crippen LogP contribution in [-0.4, -0.2) is 51.0 Å². The predicted molar refractivity (Wildman–Crippen MR) is 83.9 cm³/mol. The number of hydrogen-bond donors (Lipinski definition) is 1. The Labute approximate surface area is 133 Å². The molecule has 6 nitrogen and oxygen atoms in total. The molecular formula is C15H19N5OS. The number of likely N-dealkylation sites (tertiary alicyclic amines) is 1. The number of nitrogens with one attached hydrogen (secondary N) is 1. The Morgan fingerprint density at radius 1 is 1.36 bits per heavy atom. The molecule has 0 spiro atoms. The van der Waals surface area contributed by atoms with Crippen molar-refractivity contribution in [3.05, 3.63) is 34.3 Å². The number of carbonyl (C=O) groups is 1. The Bertz CT molecular complexity index is 653. The zero-order valence-electron chi connectivity index (χ0n) is 12.3. The maximum absolute atomic E-state index is 12.6. The second-order valence-electron chi connectivity index (χ2n) is 6.06. The van der Waals surface area contributed by atoms with Crippen LogP contribution in [0.3, 0.4) is 0 Å². The Kier molecular flexibility index (Phi) is 3.67. The molecule has 7 heteroatoms. The summed E-state index contributed by atoms with van der Waals surface area (Å²) in [4.78, 5) is 15.8. The van der Waals surface area contributed by atoms with Gasteiger partial charge < -0.3 is 10.2 Å². The molecule has 0 aromatic carbocycles. The van der Waals surface area contributed by atoms with Gasteiger partial charge in [-0.25, -0.2) is 4.68 Å². The number of rotatable bonds is 3. The summed E-state index contributed by atoms with van der Waals surface area (Å²) >= 11 is 1.68. The lowest BCUT2D eigenvalue weighted by molar-refractivity contribution is 0.0742. The van der Waals surface area contributed by atoms with Gasteiger partial charge in [-0.15, -0.1) is 16.4 Å². The molecule has 0 radical (unpaired) electrons. The molecule has 1 amide bonds. The first-order valence-corrected chi connectivity index (χ1v) is 8.64. The van der Waals surface area contributed by atoms with E-state index in [0.29, 0.717) is 24.3 Å². The molecule has 0 saturated carbocycles. The minimum absolute atomic E-state index is 0.00628. The van der Waals surface area contributed by atoms with Crippen molar-refractivity contribution in [2.45, 2.75) is 37.9 Å². The van der Waals surface area contributed by atoms with E-state index < -0.39 is 0 Å². The standard InChI is InChI=1S/C15H19N5OS/c21-15(19-6-5-11-3-4-12(8-19)16-11)14-10-20(18-17-14)9-13-2-1-7-22-13/h1-2,7,10-12,16H,3-6,8-9H2. The molecule has 1 N–H and O–H groups in total. The van der Waals surface area contributed by atoms with Crippen molar-refractivity contribution < 1.29 is 4.79 Å². The summed E-state index contributed by atoms with van der Waals surface area (Å²) in [5, 5.41) is 13.8. The van der Waals surface area contributed by atoms with E-state index in [2.05, 4.69) is 21.7 Å². The molecule has 2 aromatic heterocycles. The number of fused-ring (bicyclic) bond motifs is 2. The van der Waals surface area contributed by atoms with Crippen molar-refractivity contribution in [3.63, 3.8) is 0 Å². The van der Waals surface area contributed by atoms with Gasteiger partial charge in [0.05, 0.1) is 12.7 Å². The van der Waals surface area contributed by atoms with Gasteiger partial charge in [0.2, 0.25) is 0 Å². The fourth-order valence-corrected chi connectivity index (χ4v) is 4.02. The van der Waals surface area contributed by atoms with E-state index in [4.69, 9.17) is 0 Å². The van der Waals surface area contributed by atoms with Gasteiger partial charge in [0, 0.05) is 30.1 Å². The molecule has 2 bridgehead atoms. The highest BCUT2D eigenvalue weighted by molar-refractivity contribution is 7.09. The summed E-state index contributed by atoms with van der Waals surface area (Å²) in [5.74, 6) is 0.00628. The quantitative estimate of drug-likeness (QED) is 0.928. The lowest BCUT2D eigenvalue weighted by Crippen LogP contribution is -2.39. The second kappa shape index (κ2) is 5.81. The lowest BCUT2D eigenvalue weighted by Gasteiger charge is -2.23. The minimum atomic E-state index is 0.00628. The van der Waals surface area contributed by atoms with E-state index in [1.54, 1.807) is 22.2 Å². The van der Waals surface area contributed by atoms with E-state index in [9.17, 15) is 4.79 Å². The Morgan fingerprint density at radius 2 is 2.27 bits per heavy atom. The monoisotopic (exact) mass is 317 g/mol. The maximum Gasteiger partial charge on any atom is 0.276 e. The SMILES string of the molecule is O=C(c1cn(Cc2cccs2)nn1)N1CCC2CCC(C1)N2. The first-order valence-electron chi connectivity index (χ1n) is 7.76. The third kappa shape index (κ3) is 2.78. The Hall–Kier alpha value is -1.73. The van der Waals surface area contributed by atoms with Crippen molar-refractivity contribution in [2.75, 3.05) is 13.1 Å². The van der Waals surface area contributed by atoms with Crippen LogP contribution in [0.25, 0.3) is 0 Å². The van der Waals surface area contributed by atoms with Crippen LogP contribution < -0.4 is 5.32 Å². The van der Waals surface area contributed by atoms with Gasteiger partial charge in [0.25, 0.3) is 5.91 Å². The summed E-state index contributed by atoms with van der Waals surface area (Å²) < 4.78 is 1.74. The Balaban J connectivity index is 1.45. The maximum atomic E-state index is 12.6. The highest BCUT2D eigenvalue weighted by Crippen LogP contribution is 2.21. The first kappa shape index (κ1) is 13.9. The van der Waals surface area contributed by atoms with Gasteiger partial charge in [-0.1, -0.05) is 11.3 Å². The highest BCUT2D eigenvalue weighted by atomic mass is 32.1. The largest absolute Gasteiger partial charge is 0.336 e. The van der Waals surface area contributed by atoms with Crippen LogP contribution in [0.1, 0.15) is 34.6 Å². The molecule has 2 aliphatic rings. The summed E-state index contributed by atoms with van der Waals surface area (Å²) in [6.07, 6.45) is 5.20. The van der Waals surface area contributed by atoms with Crippen LogP contribution in [0.15, 0.2) is 23.7 Å². The third-order valence-electron chi connectivity index (χ3n) is 4.47. The summed E-state index contributed by atoms with van der Waals surface area (Å²) in [6, 6.07) is 5.10.